The number of benzene rings is 2. The summed E-state index contributed by atoms with van der Waals surface area (Å²) >= 11 is 3.08. The molecule has 0 fully saturated rings. The van der Waals surface area contributed by atoms with Gasteiger partial charge in [0.15, 0.2) is 0 Å². The molecule has 2 aromatic rings. The molecule has 0 aliphatic carbocycles. The summed E-state index contributed by atoms with van der Waals surface area (Å²) < 4.78 is 5.38. The summed E-state index contributed by atoms with van der Waals surface area (Å²) in [6, 6.07) is 11.0. The molecule has 1 N–H and O–H groups in total. The molecule has 0 saturated carbocycles. The van der Waals surface area contributed by atoms with Gasteiger partial charge in [0.1, 0.15) is 12.3 Å². The Hall–Kier alpha value is -2.94. The van der Waals surface area contributed by atoms with Gasteiger partial charge in [0.25, 0.3) is 11.6 Å². The Morgan fingerprint density at radius 1 is 1.26 bits per heavy atom. The molecule has 0 aromatic heterocycles. The van der Waals surface area contributed by atoms with E-state index >= 15 is 0 Å². The van der Waals surface area contributed by atoms with Crippen LogP contribution < -0.4 is 10.1 Å². The molecule has 2 rings (SSSR count). The van der Waals surface area contributed by atoms with Gasteiger partial charge in [-0.3, -0.25) is 19.7 Å². The number of amides is 2. The van der Waals surface area contributed by atoms with E-state index in [4.69, 9.17) is 4.74 Å². The van der Waals surface area contributed by atoms with E-state index in [0.29, 0.717) is 11.4 Å². The number of carbonyl (C=O) groups excluding carboxylic acids is 2. The summed E-state index contributed by atoms with van der Waals surface area (Å²) in [5.41, 5.74) is 0.473. The van der Waals surface area contributed by atoms with Crippen LogP contribution in [0.25, 0.3) is 0 Å². The average molecular weight is 436 g/mol. The minimum absolute atomic E-state index is 0.140. The number of rotatable bonds is 7. The zero-order chi connectivity index (χ0) is 20.0. The predicted octanol–water partition coefficient (Wildman–Crippen LogP) is 3.47. The van der Waals surface area contributed by atoms with Gasteiger partial charge in [-0.15, -0.1) is 0 Å². The first kappa shape index (κ1) is 20.4. The normalized spacial score (nSPS) is 10.2. The van der Waals surface area contributed by atoms with Gasteiger partial charge in [0.2, 0.25) is 5.91 Å². The first-order chi connectivity index (χ1) is 12.8. The number of nitrogens with zero attached hydrogens (tertiary/aromatic N) is 2. The Kier molecular flexibility index (Phi) is 6.89. The maximum atomic E-state index is 12.6. The number of anilines is 1. The van der Waals surface area contributed by atoms with Crippen molar-refractivity contribution in [3.05, 3.63) is 62.6 Å². The van der Waals surface area contributed by atoms with Crippen LogP contribution >= 0.6 is 15.9 Å². The summed E-state index contributed by atoms with van der Waals surface area (Å²) in [7, 11) is 1.52. The first-order valence-electron chi connectivity index (χ1n) is 8.02. The van der Waals surface area contributed by atoms with Crippen molar-refractivity contribution in [1.29, 1.82) is 0 Å². The first-order valence-corrected chi connectivity index (χ1v) is 8.82. The quantitative estimate of drug-likeness (QED) is 0.529. The molecular formula is C18H18BrN3O5. The molecule has 0 saturated heterocycles. The third kappa shape index (κ3) is 5.27. The molecule has 0 aliphatic heterocycles. The zero-order valence-corrected chi connectivity index (χ0v) is 16.4. The Labute approximate surface area is 164 Å². The highest BCUT2D eigenvalue weighted by molar-refractivity contribution is 9.10. The Morgan fingerprint density at radius 3 is 2.63 bits per heavy atom. The smallest absolute Gasteiger partial charge is 0.284 e. The van der Waals surface area contributed by atoms with Gasteiger partial charge in [-0.2, -0.15) is 0 Å². The van der Waals surface area contributed by atoms with Crippen LogP contribution in [0.2, 0.25) is 0 Å². The number of carbonyl (C=O) groups is 2. The maximum absolute atomic E-state index is 12.6. The lowest BCUT2D eigenvalue weighted by atomic mass is 10.1. The van der Waals surface area contributed by atoms with E-state index in [0.717, 1.165) is 0 Å². The fourth-order valence-corrected chi connectivity index (χ4v) is 2.76. The lowest BCUT2D eigenvalue weighted by molar-refractivity contribution is -0.385. The fraction of sp³-hybridized carbons (Fsp3) is 0.222. The van der Waals surface area contributed by atoms with E-state index in [2.05, 4.69) is 21.2 Å². The number of hydrogen-bond acceptors (Lipinski definition) is 5. The van der Waals surface area contributed by atoms with Crippen molar-refractivity contribution in [1.82, 2.24) is 4.90 Å². The zero-order valence-electron chi connectivity index (χ0n) is 14.8. The molecule has 27 heavy (non-hydrogen) atoms. The second-order valence-electron chi connectivity index (χ2n) is 5.52. The number of likely N-dealkylation sites (N-methyl/N-ethyl adjacent to an activating group) is 1. The molecule has 0 spiro atoms. The van der Waals surface area contributed by atoms with Crippen LogP contribution in [0.4, 0.5) is 11.4 Å². The van der Waals surface area contributed by atoms with Crippen LogP contribution in [0.1, 0.15) is 17.3 Å². The van der Waals surface area contributed by atoms with Gasteiger partial charge >= 0.3 is 0 Å². The van der Waals surface area contributed by atoms with Crippen molar-refractivity contribution in [2.24, 2.45) is 0 Å². The number of halogens is 1. The largest absolute Gasteiger partial charge is 0.497 e. The molecule has 142 valence electrons. The number of methoxy groups -OCH3 is 1. The van der Waals surface area contributed by atoms with E-state index in [1.165, 1.54) is 30.2 Å². The molecule has 0 heterocycles. The number of hydrogen-bond donors (Lipinski definition) is 1. The monoisotopic (exact) mass is 435 g/mol. The van der Waals surface area contributed by atoms with Gasteiger partial charge < -0.3 is 15.0 Å². The van der Waals surface area contributed by atoms with Gasteiger partial charge in [0.05, 0.1) is 16.5 Å². The number of nitro benzene ring substituents is 1. The average Bonchev–Trinajstić information content (AvgIpc) is 2.65. The van der Waals surface area contributed by atoms with Gasteiger partial charge in [0, 0.05) is 29.9 Å². The van der Waals surface area contributed by atoms with Crippen LogP contribution in [0.5, 0.6) is 5.75 Å². The fourth-order valence-electron chi connectivity index (χ4n) is 2.37. The van der Waals surface area contributed by atoms with Gasteiger partial charge in [-0.25, -0.2) is 0 Å². The summed E-state index contributed by atoms with van der Waals surface area (Å²) in [6.07, 6.45) is 0. The second kappa shape index (κ2) is 9.13. The van der Waals surface area contributed by atoms with E-state index in [1.807, 2.05) is 0 Å². The summed E-state index contributed by atoms with van der Waals surface area (Å²) in [5, 5.41) is 13.7. The summed E-state index contributed by atoms with van der Waals surface area (Å²) in [5.74, 6) is -0.252. The van der Waals surface area contributed by atoms with E-state index < -0.39 is 10.8 Å². The van der Waals surface area contributed by atoms with Crippen molar-refractivity contribution in [3.8, 4) is 5.75 Å². The van der Waals surface area contributed by atoms with E-state index in [-0.39, 0.29) is 34.7 Å². The number of ether oxygens (including phenoxy) is 1. The highest BCUT2D eigenvalue weighted by atomic mass is 79.9. The predicted molar refractivity (Wildman–Crippen MR) is 104 cm³/mol. The van der Waals surface area contributed by atoms with Crippen molar-refractivity contribution in [2.75, 3.05) is 25.5 Å². The van der Waals surface area contributed by atoms with Crippen molar-refractivity contribution in [3.63, 3.8) is 0 Å². The molecule has 0 bridgehead atoms. The molecule has 9 heteroatoms. The molecule has 2 amide bonds. The van der Waals surface area contributed by atoms with Crippen LogP contribution in [0, 0.1) is 10.1 Å². The van der Waals surface area contributed by atoms with Crippen molar-refractivity contribution >= 4 is 39.1 Å². The Bertz CT molecular complexity index is 872. The minimum Gasteiger partial charge on any atom is -0.497 e. The van der Waals surface area contributed by atoms with Crippen LogP contribution in [0.15, 0.2) is 46.9 Å². The van der Waals surface area contributed by atoms with Crippen LogP contribution in [-0.2, 0) is 4.79 Å². The number of nitro groups is 1. The molecule has 0 aliphatic rings. The second-order valence-corrected chi connectivity index (χ2v) is 6.38. The molecular weight excluding hydrogens is 418 g/mol. The molecule has 8 nitrogen and oxygen atoms in total. The standard InChI is InChI=1S/C18H18BrN3O5/c1-3-21(11-17(23)20-13-5-4-6-14(10-13)27-2)18(24)12-7-8-15(19)16(9-12)22(25)26/h4-10H,3,11H2,1-2H3,(H,20,23). The molecule has 2 aromatic carbocycles. The maximum Gasteiger partial charge on any atom is 0.284 e. The number of nitrogens with one attached hydrogen (secondary N) is 1. The highest BCUT2D eigenvalue weighted by Gasteiger charge is 2.21. The lowest BCUT2D eigenvalue weighted by Gasteiger charge is -2.20. The molecule has 0 atom stereocenters. The topological polar surface area (TPSA) is 102 Å². The Morgan fingerprint density at radius 2 is 2.00 bits per heavy atom. The lowest BCUT2D eigenvalue weighted by Crippen LogP contribution is -2.37. The van der Waals surface area contributed by atoms with E-state index in [1.54, 1.807) is 31.2 Å². The third-order valence-corrected chi connectivity index (χ3v) is 4.42. The van der Waals surface area contributed by atoms with Crippen LogP contribution in [0.3, 0.4) is 0 Å². The highest BCUT2D eigenvalue weighted by Crippen LogP contribution is 2.26. The van der Waals surface area contributed by atoms with Gasteiger partial charge in [-0.1, -0.05) is 6.07 Å². The van der Waals surface area contributed by atoms with E-state index in [9.17, 15) is 19.7 Å². The van der Waals surface area contributed by atoms with Gasteiger partial charge in [-0.05, 0) is 47.1 Å². The van der Waals surface area contributed by atoms with Crippen LogP contribution in [-0.4, -0.2) is 41.8 Å². The van der Waals surface area contributed by atoms with Crippen molar-refractivity contribution < 1.29 is 19.2 Å². The summed E-state index contributed by atoms with van der Waals surface area (Å²) in [4.78, 5) is 36.7. The molecule has 0 radical (unpaired) electrons. The minimum atomic E-state index is -0.577. The van der Waals surface area contributed by atoms with Crippen molar-refractivity contribution in [2.45, 2.75) is 6.92 Å². The third-order valence-electron chi connectivity index (χ3n) is 3.75. The molecule has 0 unspecified atom stereocenters. The SMILES string of the molecule is CCN(CC(=O)Nc1cccc(OC)c1)C(=O)c1ccc(Br)c([N+](=O)[O-])c1. The Balaban J connectivity index is 2.11. The summed E-state index contributed by atoms with van der Waals surface area (Å²) in [6.45, 7) is 1.81.